The van der Waals surface area contributed by atoms with Gasteiger partial charge in [0.15, 0.2) is 11.5 Å². The van der Waals surface area contributed by atoms with Crippen LogP contribution in [-0.2, 0) is 13.0 Å². The van der Waals surface area contributed by atoms with Crippen molar-refractivity contribution in [3.63, 3.8) is 0 Å². The minimum absolute atomic E-state index is 0.0508. The van der Waals surface area contributed by atoms with Crippen LogP contribution in [0.2, 0.25) is 0 Å². The summed E-state index contributed by atoms with van der Waals surface area (Å²) in [4.78, 5) is 0. The minimum atomic E-state index is -0.183. The number of aliphatic hydroxyl groups is 1. The van der Waals surface area contributed by atoms with Gasteiger partial charge in [-0.3, -0.25) is 0 Å². The van der Waals surface area contributed by atoms with E-state index in [1.54, 1.807) is 0 Å². The van der Waals surface area contributed by atoms with Gasteiger partial charge in [0, 0.05) is 5.56 Å². The molecule has 0 radical (unpaired) electrons. The monoisotopic (exact) mass is 236 g/mol. The molecule has 0 amide bonds. The van der Waals surface area contributed by atoms with E-state index in [-0.39, 0.29) is 12.4 Å². The summed E-state index contributed by atoms with van der Waals surface area (Å²) < 4.78 is 5.12. The second kappa shape index (κ2) is 6.30. The van der Waals surface area contributed by atoms with Gasteiger partial charge in [0.2, 0.25) is 0 Å². The maximum Gasteiger partial charge on any atom is 0.163 e. The molecule has 0 aliphatic carbocycles. The number of aromatic hydroxyl groups is 1. The highest BCUT2D eigenvalue weighted by atomic mass is 16.5. The SMILES string of the molecule is CC/C=C/Cc1cc(C)c(OC)c(O)c1CO. The lowest BCUT2D eigenvalue weighted by Crippen LogP contribution is -1.98. The summed E-state index contributed by atoms with van der Waals surface area (Å²) in [5, 5.41) is 19.3. The van der Waals surface area contributed by atoms with Crippen LogP contribution >= 0.6 is 0 Å². The Labute approximate surface area is 102 Å². The average molecular weight is 236 g/mol. The van der Waals surface area contributed by atoms with Crippen LogP contribution in [0.5, 0.6) is 11.5 Å². The largest absolute Gasteiger partial charge is 0.504 e. The molecule has 3 nitrogen and oxygen atoms in total. The Hall–Kier alpha value is -1.48. The molecule has 0 unspecified atom stereocenters. The maximum atomic E-state index is 10.00. The van der Waals surface area contributed by atoms with Crippen LogP contribution < -0.4 is 4.74 Å². The van der Waals surface area contributed by atoms with E-state index >= 15 is 0 Å². The zero-order valence-electron chi connectivity index (χ0n) is 10.7. The number of methoxy groups -OCH3 is 1. The van der Waals surface area contributed by atoms with Gasteiger partial charge in [-0.2, -0.15) is 0 Å². The minimum Gasteiger partial charge on any atom is -0.504 e. The van der Waals surface area contributed by atoms with Crippen LogP contribution in [0, 0.1) is 6.92 Å². The topological polar surface area (TPSA) is 49.7 Å². The summed E-state index contributed by atoms with van der Waals surface area (Å²) in [5.41, 5.74) is 2.36. The molecular formula is C14H20O3. The van der Waals surface area contributed by atoms with E-state index in [1.165, 1.54) is 7.11 Å². The molecule has 1 aromatic rings. The normalized spacial score (nSPS) is 11.1. The predicted molar refractivity (Wildman–Crippen MR) is 68.5 cm³/mol. The van der Waals surface area contributed by atoms with Crippen molar-refractivity contribution >= 4 is 0 Å². The number of benzene rings is 1. The first-order valence-corrected chi connectivity index (χ1v) is 5.79. The highest BCUT2D eigenvalue weighted by Gasteiger charge is 2.14. The summed E-state index contributed by atoms with van der Waals surface area (Å²) in [6.45, 7) is 3.77. The lowest BCUT2D eigenvalue weighted by molar-refractivity contribution is 0.271. The number of ether oxygens (including phenoxy) is 1. The van der Waals surface area contributed by atoms with Gasteiger partial charge in [-0.05, 0) is 30.9 Å². The Kier molecular flexibility index (Phi) is 5.04. The lowest BCUT2D eigenvalue weighted by atomic mass is 9.99. The Morgan fingerprint density at radius 2 is 2.06 bits per heavy atom. The van der Waals surface area contributed by atoms with Crippen molar-refractivity contribution in [3.8, 4) is 11.5 Å². The predicted octanol–water partition coefficient (Wildman–Crippen LogP) is 2.71. The van der Waals surface area contributed by atoms with Crippen molar-refractivity contribution in [1.82, 2.24) is 0 Å². The second-order valence-electron chi connectivity index (χ2n) is 3.95. The first-order valence-electron chi connectivity index (χ1n) is 5.79. The smallest absolute Gasteiger partial charge is 0.163 e. The number of allylic oxidation sites excluding steroid dienone is 2. The van der Waals surface area contributed by atoms with Crippen molar-refractivity contribution in [3.05, 3.63) is 34.9 Å². The number of aryl methyl sites for hydroxylation is 1. The maximum absolute atomic E-state index is 10.00. The zero-order chi connectivity index (χ0) is 12.8. The summed E-state index contributed by atoms with van der Waals surface area (Å²) in [6, 6.07) is 1.95. The molecule has 17 heavy (non-hydrogen) atoms. The number of hydrogen-bond acceptors (Lipinski definition) is 3. The molecule has 0 aliphatic rings. The number of rotatable bonds is 5. The van der Waals surface area contributed by atoms with E-state index < -0.39 is 0 Å². The molecule has 0 saturated heterocycles. The third kappa shape index (κ3) is 3.01. The molecule has 94 valence electrons. The van der Waals surface area contributed by atoms with Crippen LogP contribution in [0.1, 0.15) is 30.0 Å². The third-order valence-corrected chi connectivity index (χ3v) is 2.74. The van der Waals surface area contributed by atoms with Gasteiger partial charge in [0.05, 0.1) is 13.7 Å². The molecule has 1 rings (SSSR count). The van der Waals surface area contributed by atoms with Gasteiger partial charge in [0.25, 0.3) is 0 Å². The molecule has 0 bridgehead atoms. The first kappa shape index (κ1) is 13.6. The molecule has 1 aromatic carbocycles. The molecule has 0 spiro atoms. The number of hydrogen-bond donors (Lipinski definition) is 2. The molecule has 3 heteroatoms. The summed E-state index contributed by atoms with van der Waals surface area (Å²) in [6.07, 6.45) is 5.80. The molecular weight excluding hydrogens is 216 g/mol. The van der Waals surface area contributed by atoms with Crippen LogP contribution in [0.25, 0.3) is 0 Å². The van der Waals surface area contributed by atoms with Crippen LogP contribution in [0.15, 0.2) is 18.2 Å². The van der Waals surface area contributed by atoms with E-state index in [2.05, 4.69) is 13.0 Å². The van der Waals surface area contributed by atoms with Crippen LogP contribution in [0.3, 0.4) is 0 Å². The van der Waals surface area contributed by atoms with Crippen molar-refractivity contribution in [2.75, 3.05) is 7.11 Å². The fourth-order valence-electron chi connectivity index (χ4n) is 1.88. The molecule has 0 aromatic heterocycles. The van der Waals surface area contributed by atoms with E-state index in [9.17, 15) is 10.2 Å². The van der Waals surface area contributed by atoms with Gasteiger partial charge >= 0.3 is 0 Å². The van der Waals surface area contributed by atoms with Gasteiger partial charge in [-0.1, -0.05) is 25.1 Å². The van der Waals surface area contributed by atoms with Crippen molar-refractivity contribution in [2.24, 2.45) is 0 Å². The highest BCUT2D eigenvalue weighted by molar-refractivity contribution is 5.54. The fraction of sp³-hybridized carbons (Fsp3) is 0.429. The van der Waals surface area contributed by atoms with E-state index in [4.69, 9.17) is 4.74 Å². The quantitative estimate of drug-likeness (QED) is 0.773. The van der Waals surface area contributed by atoms with Gasteiger partial charge in [-0.25, -0.2) is 0 Å². The standard InChI is InChI=1S/C14H20O3/c1-4-5-6-7-11-8-10(2)14(17-3)13(16)12(11)9-15/h5-6,8,15-16H,4,7,9H2,1-3H3/b6-5+. The van der Waals surface area contributed by atoms with Gasteiger partial charge in [0.1, 0.15) is 0 Å². The first-order chi connectivity index (χ1) is 8.15. The Balaban J connectivity index is 3.17. The summed E-state index contributed by atoms with van der Waals surface area (Å²) in [5.74, 6) is 0.493. The van der Waals surface area contributed by atoms with Crippen LogP contribution in [-0.4, -0.2) is 17.3 Å². The number of aliphatic hydroxyl groups excluding tert-OH is 1. The van der Waals surface area contributed by atoms with Crippen LogP contribution in [0.4, 0.5) is 0 Å². The Morgan fingerprint density at radius 3 is 2.59 bits per heavy atom. The van der Waals surface area contributed by atoms with E-state index in [0.717, 1.165) is 17.5 Å². The van der Waals surface area contributed by atoms with Gasteiger partial charge in [-0.15, -0.1) is 0 Å². The Morgan fingerprint density at radius 1 is 1.35 bits per heavy atom. The average Bonchev–Trinajstić information content (AvgIpc) is 2.30. The second-order valence-corrected chi connectivity index (χ2v) is 3.95. The van der Waals surface area contributed by atoms with Crippen molar-refractivity contribution in [2.45, 2.75) is 33.3 Å². The Bertz CT molecular complexity index is 408. The molecule has 0 atom stereocenters. The highest BCUT2D eigenvalue weighted by Crippen LogP contribution is 2.36. The molecule has 2 N–H and O–H groups in total. The lowest BCUT2D eigenvalue weighted by Gasteiger charge is -2.14. The fourth-order valence-corrected chi connectivity index (χ4v) is 1.88. The molecule has 0 saturated carbocycles. The van der Waals surface area contributed by atoms with E-state index in [1.807, 2.05) is 19.1 Å². The molecule has 0 fully saturated rings. The number of phenols is 1. The van der Waals surface area contributed by atoms with E-state index in [0.29, 0.717) is 17.7 Å². The van der Waals surface area contributed by atoms with Gasteiger partial charge < -0.3 is 14.9 Å². The van der Waals surface area contributed by atoms with Crippen molar-refractivity contribution < 1.29 is 14.9 Å². The summed E-state index contributed by atoms with van der Waals surface area (Å²) in [7, 11) is 1.51. The zero-order valence-corrected chi connectivity index (χ0v) is 10.7. The van der Waals surface area contributed by atoms with Crippen molar-refractivity contribution in [1.29, 1.82) is 0 Å². The molecule has 0 heterocycles. The molecule has 0 aliphatic heterocycles. The third-order valence-electron chi connectivity index (χ3n) is 2.74. The summed E-state index contributed by atoms with van der Waals surface area (Å²) >= 11 is 0.